The fourth-order valence-electron chi connectivity index (χ4n) is 2.62. The van der Waals surface area contributed by atoms with E-state index in [9.17, 15) is 4.79 Å². The molecule has 27 heavy (non-hydrogen) atoms. The molecule has 0 aromatic heterocycles. The third-order valence-electron chi connectivity index (χ3n) is 4.14. The summed E-state index contributed by atoms with van der Waals surface area (Å²) in [7, 11) is 0. The SMILES string of the molecule is C[C@H](C=NNC(=O)COc1ccc(-c2ccccc2)cc1)c1ccccc1. The van der Waals surface area contributed by atoms with E-state index >= 15 is 0 Å². The van der Waals surface area contributed by atoms with Gasteiger partial charge in [0.2, 0.25) is 0 Å². The van der Waals surface area contributed by atoms with Crippen LogP contribution < -0.4 is 10.2 Å². The molecule has 0 aliphatic rings. The molecular weight excluding hydrogens is 336 g/mol. The molecular formula is C23H22N2O2. The summed E-state index contributed by atoms with van der Waals surface area (Å²) in [4.78, 5) is 11.9. The molecule has 0 bridgehead atoms. The van der Waals surface area contributed by atoms with Gasteiger partial charge in [-0.1, -0.05) is 79.7 Å². The second-order valence-electron chi connectivity index (χ2n) is 6.19. The van der Waals surface area contributed by atoms with Crippen molar-refractivity contribution in [3.05, 3.63) is 90.5 Å². The van der Waals surface area contributed by atoms with Crippen molar-refractivity contribution in [1.29, 1.82) is 0 Å². The molecule has 0 fully saturated rings. The predicted octanol–water partition coefficient (Wildman–Crippen LogP) is 4.64. The molecule has 0 aliphatic heterocycles. The van der Waals surface area contributed by atoms with Crippen LogP contribution in [-0.4, -0.2) is 18.7 Å². The zero-order chi connectivity index (χ0) is 18.9. The molecule has 1 N–H and O–H groups in total. The number of hydrogen-bond donors (Lipinski definition) is 1. The Morgan fingerprint density at radius 2 is 1.52 bits per heavy atom. The first-order valence-electron chi connectivity index (χ1n) is 8.87. The zero-order valence-corrected chi connectivity index (χ0v) is 15.2. The van der Waals surface area contributed by atoms with Crippen molar-refractivity contribution in [2.45, 2.75) is 12.8 Å². The Morgan fingerprint density at radius 1 is 0.926 bits per heavy atom. The number of carbonyl (C=O) groups is 1. The second-order valence-corrected chi connectivity index (χ2v) is 6.19. The van der Waals surface area contributed by atoms with Crippen LogP contribution in [0.3, 0.4) is 0 Å². The van der Waals surface area contributed by atoms with Crippen molar-refractivity contribution < 1.29 is 9.53 Å². The monoisotopic (exact) mass is 358 g/mol. The van der Waals surface area contributed by atoms with Crippen LogP contribution in [0.15, 0.2) is 90.0 Å². The van der Waals surface area contributed by atoms with E-state index in [1.807, 2.05) is 79.7 Å². The summed E-state index contributed by atoms with van der Waals surface area (Å²) in [6.07, 6.45) is 1.71. The summed E-state index contributed by atoms with van der Waals surface area (Å²) in [5.41, 5.74) is 5.89. The third kappa shape index (κ3) is 5.54. The van der Waals surface area contributed by atoms with Crippen LogP contribution in [0.25, 0.3) is 11.1 Å². The lowest BCUT2D eigenvalue weighted by Gasteiger charge is -2.07. The summed E-state index contributed by atoms with van der Waals surface area (Å²) >= 11 is 0. The van der Waals surface area contributed by atoms with Crippen LogP contribution in [0.1, 0.15) is 18.4 Å². The van der Waals surface area contributed by atoms with Gasteiger partial charge in [-0.2, -0.15) is 5.10 Å². The van der Waals surface area contributed by atoms with Crippen LogP contribution in [0.5, 0.6) is 5.75 Å². The number of nitrogens with one attached hydrogen (secondary N) is 1. The van der Waals surface area contributed by atoms with E-state index in [0.717, 1.165) is 16.7 Å². The molecule has 3 aromatic carbocycles. The van der Waals surface area contributed by atoms with Crippen molar-refractivity contribution in [2.24, 2.45) is 5.10 Å². The zero-order valence-electron chi connectivity index (χ0n) is 15.2. The fourth-order valence-corrected chi connectivity index (χ4v) is 2.62. The molecule has 0 radical (unpaired) electrons. The van der Waals surface area contributed by atoms with Crippen LogP contribution in [0.4, 0.5) is 0 Å². The Hall–Kier alpha value is -3.40. The highest BCUT2D eigenvalue weighted by Crippen LogP contribution is 2.21. The molecule has 0 saturated carbocycles. The van der Waals surface area contributed by atoms with E-state index < -0.39 is 0 Å². The van der Waals surface area contributed by atoms with Gasteiger partial charge in [0, 0.05) is 12.1 Å². The van der Waals surface area contributed by atoms with Gasteiger partial charge in [0.1, 0.15) is 5.75 Å². The van der Waals surface area contributed by atoms with E-state index in [1.165, 1.54) is 0 Å². The lowest BCUT2D eigenvalue weighted by molar-refractivity contribution is -0.123. The normalized spacial score (nSPS) is 11.9. The highest BCUT2D eigenvalue weighted by Gasteiger charge is 2.04. The number of hydrogen-bond acceptors (Lipinski definition) is 3. The molecule has 0 unspecified atom stereocenters. The van der Waals surface area contributed by atoms with E-state index in [2.05, 4.69) is 22.7 Å². The highest BCUT2D eigenvalue weighted by molar-refractivity contribution is 5.79. The van der Waals surface area contributed by atoms with E-state index in [0.29, 0.717) is 5.75 Å². The third-order valence-corrected chi connectivity index (χ3v) is 4.14. The topological polar surface area (TPSA) is 50.7 Å². The molecule has 136 valence electrons. The summed E-state index contributed by atoms with van der Waals surface area (Å²) in [6.45, 7) is 1.94. The predicted molar refractivity (Wildman–Crippen MR) is 109 cm³/mol. The molecule has 3 aromatic rings. The van der Waals surface area contributed by atoms with Gasteiger partial charge in [-0.05, 0) is 28.8 Å². The van der Waals surface area contributed by atoms with E-state index in [4.69, 9.17) is 4.74 Å². The highest BCUT2D eigenvalue weighted by atomic mass is 16.5. The lowest BCUT2D eigenvalue weighted by atomic mass is 10.0. The number of hydrazone groups is 1. The van der Waals surface area contributed by atoms with Crippen molar-refractivity contribution in [1.82, 2.24) is 5.43 Å². The molecule has 1 amide bonds. The molecule has 0 heterocycles. The van der Waals surface area contributed by atoms with Gasteiger partial charge in [-0.15, -0.1) is 0 Å². The molecule has 0 spiro atoms. The first-order valence-corrected chi connectivity index (χ1v) is 8.87. The number of benzene rings is 3. The number of rotatable bonds is 7. The number of ether oxygens (including phenoxy) is 1. The standard InChI is InChI=1S/C23H22N2O2/c1-18(19-8-4-2-5-9-19)16-24-25-23(26)17-27-22-14-12-21(13-15-22)20-10-6-3-7-11-20/h2-16,18H,17H2,1H3,(H,25,26)/t18-/m1/s1. The van der Waals surface area contributed by atoms with E-state index in [1.54, 1.807) is 6.21 Å². The van der Waals surface area contributed by atoms with Crippen LogP contribution in [-0.2, 0) is 4.79 Å². The first kappa shape index (κ1) is 18.4. The number of nitrogens with zero attached hydrogens (tertiary/aromatic N) is 1. The van der Waals surface area contributed by atoms with E-state index in [-0.39, 0.29) is 18.4 Å². The number of amides is 1. The van der Waals surface area contributed by atoms with Crippen molar-refractivity contribution in [3.8, 4) is 16.9 Å². The Kier molecular flexibility index (Phi) is 6.36. The molecule has 3 rings (SSSR count). The maximum atomic E-state index is 11.9. The summed E-state index contributed by atoms with van der Waals surface area (Å²) in [5, 5.41) is 4.01. The summed E-state index contributed by atoms with van der Waals surface area (Å²) < 4.78 is 5.51. The average Bonchev–Trinajstić information content (AvgIpc) is 2.74. The largest absolute Gasteiger partial charge is 0.484 e. The molecule has 0 aliphatic carbocycles. The van der Waals surface area contributed by atoms with Gasteiger partial charge in [0.05, 0.1) is 0 Å². The second kappa shape index (κ2) is 9.34. The van der Waals surface area contributed by atoms with Gasteiger partial charge in [0.15, 0.2) is 6.61 Å². The van der Waals surface area contributed by atoms with Crippen LogP contribution in [0.2, 0.25) is 0 Å². The molecule has 0 saturated heterocycles. The fraction of sp³-hybridized carbons (Fsp3) is 0.130. The smallest absolute Gasteiger partial charge is 0.277 e. The Bertz CT molecular complexity index is 875. The lowest BCUT2D eigenvalue weighted by Crippen LogP contribution is -2.24. The van der Waals surface area contributed by atoms with Gasteiger partial charge >= 0.3 is 0 Å². The van der Waals surface area contributed by atoms with Gasteiger partial charge in [-0.25, -0.2) is 5.43 Å². The number of carbonyl (C=O) groups excluding carboxylic acids is 1. The average molecular weight is 358 g/mol. The van der Waals surface area contributed by atoms with Gasteiger partial charge in [-0.3, -0.25) is 4.79 Å². The Labute approximate surface area is 159 Å². The van der Waals surface area contributed by atoms with Crippen LogP contribution in [0, 0.1) is 0 Å². The Balaban J connectivity index is 1.46. The summed E-state index contributed by atoms with van der Waals surface area (Å²) in [5.74, 6) is 0.475. The maximum Gasteiger partial charge on any atom is 0.277 e. The summed E-state index contributed by atoms with van der Waals surface area (Å²) in [6, 6.07) is 27.8. The first-order chi connectivity index (χ1) is 13.2. The van der Waals surface area contributed by atoms with Crippen LogP contribution >= 0.6 is 0 Å². The van der Waals surface area contributed by atoms with Crippen molar-refractivity contribution in [2.75, 3.05) is 6.61 Å². The minimum atomic E-state index is -0.293. The van der Waals surface area contributed by atoms with Crippen molar-refractivity contribution >= 4 is 12.1 Å². The van der Waals surface area contributed by atoms with Gasteiger partial charge in [0.25, 0.3) is 5.91 Å². The van der Waals surface area contributed by atoms with Gasteiger partial charge < -0.3 is 4.74 Å². The molecule has 1 atom stereocenters. The maximum absolute atomic E-state index is 11.9. The minimum absolute atomic E-state index is 0.0816. The van der Waals surface area contributed by atoms with Crippen molar-refractivity contribution in [3.63, 3.8) is 0 Å². The quantitative estimate of drug-likeness (QED) is 0.494. The molecule has 4 heteroatoms. The minimum Gasteiger partial charge on any atom is -0.484 e. The Morgan fingerprint density at radius 3 is 2.19 bits per heavy atom. The molecule has 4 nitrogen and oxygen atoms in total.